The summed E-state index contributed by atoms with van der Waals surface area (Å²) in [6.07, 6.45) is 0. The van der Waals surface area contributed by atoms with Crippen LogP contribution in [0.15, 0.2) is 36.4 Å². The quantitative estimate of drug-likeness (QED) is 0.827. The summed E-state index contributed by atoms with van der Waals surface area (Å²) >= 11 is 11.9. The van der Waals surface area contributed by atoms with Crippen LogP contribution in [0.4, 0.5) is 11.4 Å². The molecule has 0 atom stereocenters. The van der Waals surface area contributed by atoms with Crippen LogP contribution in [-0.4, -0.2) is 12.5 Å². The molecule has 0 saturated carbocycles. The number of carbonyl (C=O) groups is 1. The Balaban J connectivity index is 2.34. The number of benzene rings is 2. The Hall–Kier alpha value is -1.91. The Kier molecular flexibility index (Phi) is 4.94. The van der Waals surface area contributed by atoms with Crippen LogP contribution in [-0.2, 0) is 0 Å². The number of halogens is 2. The van der Waals surface area contributed by atoms with Gasteiger partial charge < -0.3 is 15.8 Å². The lowest BCUT2D eigenvalue weighted by molar-refractivity contribution is 0.102. The molecular weight excluding hydrogens is 311 g/mol. The van der Waals surface area contributed by atoms with Crippen LogP contribution in [0.3, 0.4) is 0 Å². The average molecular weight is 325 g/mol. The minimum absolute atomic E-state index is 0.274. The van der Waals surface area contributed by atoms with Gasteiger partial charge in [0, 0.05) is 10.7 Å². The molecule has 1 amide bonds. The maximum Gasteiger partial charge on any atom is 0.261 e. The van der Waals surface area contributed by atoms with E-state index in [0.29, 0.717) is 33.8 Å². The van der Waals surface area contributed by atoms with E-state index in [1.165, 1.54) is 0 Å². The molecule has 110 valence electrons. The van der Waals surface area contributed by atoms with Gasteiger partial charge in [-0.2, -0.15) is 0 Å². The molecular formula is C15H14Cl2N2O2. The van der Waals surface area contributed by atoms with Crippen LogP contribution in [0.2, 0.25) is 10.0 Å². The number of amides is 1. The Morgan fingerprint density at radius 2 is 2.05 bits per heavy atom. The number of nitrogens with one attached hydrogen (secondary N) is 1. The van der Waals surface area contributed by atoms with Crippen molar-refractivity contribution in [2.24, 2.45) is 0 Å². The molecule has 0 aromatic heterocycles. The minimum atomic E-state index is -0.402. The lowest BCUT2D eigenvalue weighted by Gasteiger charge is -2.13. The van der Waals surface area contributed by atoms with Gasteiger partial charge >= 0.3 is 0 Å². The summed E-state index contributed by atoms with van der Waals surface area (Å²) < 4.78 is 5.43. The minimum Gasteiger partial charge on any atom is -0.493 e. The highest BCUT2D eigenvalue weighted by Crippen LogP contribution is 2.29. The third-order valence-corrected chi connectivity index (χ3v) is 3.33. The van der Waals surface area contributed by atoms with E-state index in [-0.39, 0.29) is 5.56 Å². The normalized spacial score (nSPS) is 10.2. The largest absolute Gasteiger partial charge is 0.493 e. The molecule has 0 aliphatic heterocycles. The monoisotopic (exact) mass is 324 g/mol. The average Bonchev–Trinajstić information content (AvgIpc) is 2.43. The summed E-state index contributed by atoms with van der Waals surface area (Å²) in [6, 6.07) is 9.87. The highest BCUT2D eigenvalue weighted by Gasteiger charge is 2.17. The van der Waals surface area contributed by atoms with Crippen LogP contribution >= 0.6 is 23.2 Å². The first-order valence-electron chi connectivity index (χ1n) is 6.30. The standard InChI is InChI=1S/C15H14Cl2N2O2/c1-2-21-13-5-3-4-11(18)14(13)15(20)19-12-8-9(16)6-7-10(12)17/h3-8H,2,18H2,1H3,(H,19,20). The van der Waals surface area contributed by atoms with Crippen LogP contribution in [0.5, 0.6) is 5.75 Å². The van der Waals surface area contributed by atoms with E-state index in [0.717, 1.165) is 0 Å². The zero-order chi connectivity index (χ0) is 15.4. The SMILES string of the molecule is CCOc1cccc(N)c1C(=O)Nc1cc(Cl)ccc1Cl. The smallest absolute Gasteiger partial charge is 0.261 e. The zero-order valence-electron chi connectivity index (χ0n) is 11.3. The molecule has 0 spiro atoms. The van der Waals surface area contributed by atoms with Crippen molar-refractivity contribution in [3.05, 3.63) is 52.0 Å². The van der Waals surface area contributed by atoms with Crippen molar-refractivity contribution in [2.45, 2.75) is 6.92 Å². The fourth-order valence-corrected chi connectivity index (χ4v) is 2.18. The molecule has 0 bridgehead atoms. The fraction of sp³-hybridized carbons (Fsp3) is 0.133. The summed E-state index contributed by atoms with van der Waals surface area (Å²) in [6.45, 7) is 2.26. The number of anilines is 2. The van der Waals surface area contributed by atoms with Crippen molar-refractivity contribution in [2.75, 3.05) is 17.7 Å². The molecule has 0 aliphatic carbocycles. The van der Waals surface area contributed by atoms with E-state index in [9.17, 15) is 4.79 Å². The number of hydrogen-bond donors (Lipinski definition) is 2. The number of nitrogens with two attached hydrogens (primary N) is 1. The first-order chi connectivity index (χ1) is 10.0. The van der Waals surface area contributed by atoms with Crippen LogP contribution < -0.4 is 15.8 Å². The first kappa shape index (κ1) is 15.5. The molecule has 0 saturated heterocycles. The second-order valence-corrected chi connectivity index (χ2v) is 5.08. The molecule has 2 aromatic rings. The van der Waals surface area contributed by atoms with Gasteiger partial charge in [-0.05, 0) is 37.3 Å². The lowest BCUT2D eigenvalue weighted by atomic mass is 10.1. The van der Waals surface area contributed by atoms with Crippen LogP contribution in [0.25, 0.3) is 0 Å². The predicted octanol–water partition coefficient (Wildman–Crippen LogP) is 4.23. The van der Waals surface area contributed by atoms with Gasteiger partial charge in [0.1, 0.15) is 11.3 Å². The maximum absolute atomic E-state index is 12.4. The number of hydrogen-bond acceptors (Lipinski definition) is 3. The van der Waals surface area contributed by atoms with Gasteiger partial charge in [-0.1, -0.05) is 29.3 Å². The van der Waals surface area contributed by atoms with E-state index in [2.05, 4.69) is 5.32 Å². The maximum atomic E-state index is 12.4. The third kappa shape index (κ3) is 3.60. The molecule has 21 heavy (non-hydrogen) atoms. The van der Waals surface area contributed by atoms with Gasteiger partial charge in [0.25, 0.3) is 5.91 Å². The molecule has 6 heteroatoms. The van der Waals surface area contributed by atoms with Gasteiger partial charge in [0.05, 0.1) is 17.3 Å². The van der Waals surface area contributed by atoms with Crippen LogP contribution in [0, 0.1) is 0 Å². The van der Waals surface area contributed by atoms with Crippen molar-refractivity contribution in [3.8, 4) is 5.75 Å². The molecule has 4 nitrogen and oxygen atoms in total. The van der Waals surface area contributed by atoms with E-state index in [4.69, 9.17) is 33.7 Å². The van der Waals surface area contributed by atoms with Gasteiger partial charge in [-0.3, -0.25) is 4.79 Å². The number of rotatable bonds is 4. The zero-order valence-corrected chi connectivity index (χ0v) is 12.8. The summed E-state index contributed by atoms with van der Waals surface area (Å²) in [5.41, 5.74) is 6.89. The predicted molar refractivity (Wildman–Crippen MR) is 86.4 cm³/mol. The molecule has 0 aliphatic rings. The second-order valence-electron chi connectivity index (χ2n) is 4.23. The Bertz CT molecular complexity index is 675. The topological polar surface area (TPSA) is 64.3 Å². The van der Waals surface area contributed by atoms with E-state index in [1.54, 1.807) is 36.4 Å². The lowest BCUT2D eigenvalue weighted by Crippen LogP contribution is -2.16. The van der Waals surface area contributed by atoms with Crippen molar-refractivity contribution in [1.82, 2.24) is 0 Å². The Labute approximate surface area is 132 Å². The summed E-state index contributed by atoms with van der Waals surface area (Å²) in [4.78, 5) is 12.4. The van der Waals surface area contributed by atoms with Gasteiger partial charge in [0.15, 0.2) is 0 Å². The first-order valence-corrected chi connectivity index (χ1v) is 7.06. The second kappa shape index (κ2) is 6.70. The van der Waals surface area contributed by atoms with Crippen molar-refractivity contribution in [1.29, 1.82) is 0 Å². The van der Waals surface area contributed by atoms with E-state index in [1.807, 2.05) is 6.92 Å². The summed E-state index contributed by atoms with van der Waals surface area (Å²) in [5, 5.41) is 3.55. The highest BCUT2D eigenvalue weighted by atomic mass is 35.5. The molecule has 0 radical (unpaired) electrons. The van der Waals surface area contributed by atoms with Gasteiger partial charge in [-0.25, -0.2) is 0 Å². The van der Waals surface area contributed by atoms with Gasteiger partial charge in [0.2, 0.25) is 0 Å². The summed E-state index contributed by atoms with van der Waals surface area (Å²) in [5.74, 6) is 0.0221. The van der Waals surface area contributed by atoms with E-state index >= 15 is 0 Å². The van der Waals surface area contributed by atoms with E-state index < -0.39 is 5.91 Å². The number of ether oxygens (including phenoxy) is 1. The Morgan fingerprint density at radius 1 is 1.29 bits per heavy atom. The van der Waals surface area contributed by atoms with Crippen molar-refractivity contribution >= 4 is 40.5 Å². The van der Waals surface area contributed by atoms with Crippen LogP contribution in [0.1, 0.15) is 17.3 Å². The third-order valence-electron chi connectivity index (χ3n) is 2.76. The number of nitrogen functional groups attached to an aromatic ring is 1. The molecule has 2 aromatic carbocycles. The molecule has 2 rings (SSSR count). The Morgan fingerprint density at radius 3 is 2.76 bits per heavy atom. The fourth-order valence-electron chi connectivity index (χ4n) is 1.84. The van der Waals surface area contributed by atoms with Crippen molar-refractivity contribution in [3.63, 3.8) is 0 Å². The molecule has 0 heterocycles. The summed E-state index contributed by atoms with van der Waals surface area (Å²) in [7, 11) is 0. The number of carbonyl (C=O) groups excluding carboxylic acids is 1. The molecule has 0 unspecified atom stereocenters. The van der Waals surface area contributed by atoms with Crippen molar-refractivity contribution < 1.29 is 9.53 Å². The molecule has 3 N–H and O–H groups in total. The van der Waals surface area contributed by atoms with Gasteiger partial charge in [-0.15, -0.1) is 0 Å². The highest BCUT2D eigenvalue weighted by molar-refractivity contribution is 6.36. The molecule has 0 fully saturated rings.